The van der Waals surface area contributed by atoms with Crippen molar-refractivity contribution in [2.75, 3.05) is 4.90 Å². The predicted molar refractivity (Wildman–Crippen MR) is 125 cm³/mol. The maximum absolute atomic E-state index is 2.60. The van der Waals surface area contributed by atoms with Crippen LogP contribution >= 0.6 is 0 Å². The summed E-state index contributed by atoms with van der Waals surface area (Å²) in [5, 5.41) is 0. The van der Waals surface area contributed by atoms with E-state index < -0.39 is 21.3 Å². The Morgan fingerprint density at radius 2 is 1.61 bits per heavy atom. The third kappa shape index (κ3) is 4.87. The summed E-state index contributed by atoms with van der Waals surface area (Å²) >= 11 is -2.01. The van der Waals surface area contributed by atoms with Crippen molar-refractivity contribution in [3.63, 3.8) is 0 Å². The molecule has 2 aromatic rings. The van der Waals surface area contributed by atoms with E-state index in [9.17, 15) is 0 Å². The Labute approximate surface area is 208 Å². The zero-order chi connectivity index (χ0) is 20.7. The van der Waals surface area contributed by atoms with E-state index in [2.05, 4.69) is 101 Å². The molecule has 0 aromatic heterocycles. The van der Waals surface area contributed by atoms with Crippen molar-refractivity contribution < 1.29 is 46.1 Å². The molecule has 0 fully saturated rings. The summed E-state index contributed by atoms with van der Waals surface area (Å²) in [4.78, 5) is 2.60. The van der Waals surface area contributed by atoms with Gasteiger partial charge in [0.15, 0.2) is 0 Å². The van der Waals surface area contributed by atoms with Gasteiger partial charge in [0, 0.05) is 0 Å². The molecular weight excluding hydrogens is 500 g/mol. The number of hydrogen-bond acceptors (Lipinski definition) is 1. The summed E-state index contributed by atoms with van der Waals surface area (Å²) < 4.78 is 5.10. The first-order valence-corrected chi connectivity index (χ1v) is 14.6. The van der Waals surface area contributed by atoms with Crippen LogP contribution in [0.2, 0.25) is 0 Å². The largest absolute Gasteiger partial charge is 1.00 e. The molecule has 4 rings (SSSR count). The first kappa shape index (κ1) is 26.3. The van der Waals surface area contributed by atoms with Gasteiger partial charge in [0.1, 0.15) is 0 Å². The average Bonchev–Trinajstić information content (AvgIpc) is 3.30. The molecule has 0 N–H and O–H groups in total. The molecule has 0 unspecified atom stereocenters. The zero-order valence-electron chi connectivity index (χ0n) is 19.5. The van der Waals surface area contributed by atoms with Crippen LogP contribution in [0.15, 0.2) is 57.9 Å². The van der Waals surface area contributed by atoms with Crippen LogP contribution in [0, 0.1) is 0 Å². The fourth-order valence-electron chi connectivity index (χ4n) is 5.23. The second kappa shape index (κ2) is 10.8. The Morgan fingerprint density at radius 1 is 0.935 bits per heavy atom. The van der Waals surface area contributed by atoms with Crippen molar-refractivity contribution in [2.45, 2.75) is 66.5 Å². The summed E-state index contributed by atoms with van der Waals surface area (Å²) in [7, 11) is 0. The molecule has 2 aromatic carbocycles. The molecule has 0 radical (unpaired) electrons. The summed E-state index contributed by atoms with van der Waals surface area (Å²) in [6.45, 7) is 14.0. The number of fused-ring (bicyclic) bond motifs is 3. The topological polar surface area (TPSA) is 3.24 Å². The number of benzene rings is 2. The summed E-state index contributed by atoms with van der Waals surface area (Å²) in [5.41, 5.74) is 7.53. The van der Waals surface area contributed by atoms with Crippen LogP contribution in [0.1, 0.15) is 59.1 Å². The van der Waals surface area contributed by atoms with Crippen molar-refractivity contribution >= 4 is 12.2 Å². The predicted octanol–water partition coefficient (Wildman–Crippen LogP) is 0.189. The molecule has 0 spiro atoms. The summed E-state index contributed by atoms with van der Waals surface area (Å²) in [6.07, 6.45) is 9.27. The maximum Gasteiger partial charge on any atom is -1.00 e. The van der Waals surface area contributed by atoms with E-state index in [0.717, 1.165) is 12.8 Å². The van der Waals surface area contributed by atoms with Gasteiger partial charge in [-0.2, -0.15) is 0 Å². The Bertz CT molecular complexity index is 1040. The number of anilines is 1. The molecular formula is C27H33Cl2NZr. The first-order valence-electron chi connectivity index (χ1n) is 11.0. The summed E-state index contributed by atoms with van der Waals surface area (Å²) in [5.74, 6) is 0. The van der Waals surface area contributed by atoms with Gasteiger partial charge in [-0.3, -0.25) is 0 Å². The number of rotatable bonds is 5. The van der Waals surface area contributed by atoms with E-state index in [1.165, 1.54) is 22.4 Å². The Kier molecular flexibility index (Phi) is 9.15. The van der Waals surface area contributed by atoms with Crippen LogP contribution < -0.4 is 33.0 Å². The standard InChI is InChI=1S/C19H22N.C5H5.C3H6.2ClH.Zr/c1-13(2)20(14(3)4)18-11-7-9-16-12-15-8-5-6-10-17(15)19(16)18;1-2-4-5-3-1;1-3-2;;;/h5-8,10-11,13-14H,12H2,1-4H3;1-3H,4H2;1-2H3;2*1H;/q;;;;;+2/p-2. The molecule has 0 bridgehead atoms. The van der Waals surface area contributed by atoms with Gasteiger partial charge in [-0.1, -0.05) is 0 Å². The number of allylic oxidation sites excluding steroid dienone is 4. The average molecular weight is 534 g/mol. The van der Waals surface area contributed by atoms with E-state index >= 15 is 0 Å². The number of nitrogens with zero attached hydrogens (tertiary/aromatic N) is 1. The molecule has 31 heavy (non-hydrogen) atoms. The monoisotopic (exact) mass is 531 g/mol. The van der Waals surface area contributed by atoms with Crippen LogP contribution in [0.3, 0.4) is 0 Å². The van der Waals surface area contributed by atoms with Crippen molar-refractivity contribution in [1.82, 2.24) is 0 Å². The molecule has 2 aliphatic rings. The van der Waals surface area contributed by atoms with Gasteiger partial charge in [-0.15, -0.1) is 0 Å². The molecule has 0 amide bonds. The van der Waals surface area contributed by atoms with Gasteiger partial charge in [0.2, 0.25) is 0 Å². The fraction of sp³-hybridized carbons (Fsp3) is 0.370. The van der Waals surface area contributed by atoms with Crippen molar-refractivity contribution in [2.24, 2.45) is 0 Å². The van der Waals surface area contributed by atoms with E-state index in [1.807, 2.05) is 0 Å². The van der Waals surface area contributed by atoms with E-state index in [1.54, 1.807) is 15.3 Å². The normalized spacial score (nSPS) is 13.1. The molecule has 0 atom stereocenters. The van der Waals surface area contributed by atoms with Crippen LogP contribution in [0.25, 0.3) is 11.1 Å². The number of hydrogen-bond donors (Lipinski definition) is 0. The van der Waals surface area contributed by atoms with Gasteiger partial charge in [-0.25, -0.2) is 0 Å². The molecule has 2 aliphatic carbocycles. The fourth-order valence-corrected chi connectivity index (χ4v) is 12.3. The second-order valence-corrected chi connectivity index (χ2v) is 16.3. The van der Waals surface area contributed by atoms with Gasteiger partial charge in [-0.05, 0) is 0 Å². The SMILES string of the molecule is C[C](C)=[Zr+2]([C]1=CC=CC1)[c]1ccc(N(C(C)C)C(C)C)c2c1Cc1ccccc1-2.[Cl-].[Cl-]. The van der Waals surface area contributed by atoms with E-state index in [-0.39, 0.29) is 24.8 Å². The van der Waals surface area contributed by atoms with Crippen LogP contribution in [0.4, 0.5) is 5.69 Å². The maximum atomic E-state index is 2.60. The van der Waals surface area contributed by atoms with Gasteiger partial charge < -0.3 is 24.8 Å². The van der Waals surface area contributed by atoms with Crippen LogP contribution in [-0.4, -0.2) is 15.3 Å². The third-order valence-corrected chi connectivity index (χ3v) is 13.6. The van der Waals surface area contributed by atoms with Gasteiger partial charge >= 0.3 is 185 Å². The molecule has 1 nitrogen and oxygen atoms in total. The molecule has 0 saturated carbocycles. The Hall–Kier alpha value is -0.947. The Morgan fingerprint density at radius 3 is 2.19 bits per heavy atom. The molecule has 0 heterocycles. The molecule has 0 saturated heterocycles. The van der Waals surface area contributed by atoms with Crippen LogP contribution in [-0.2, 0) is 27.7 Å². The Balaban J connectivity index is 0.00000171. The number of halogens is 2. The minimum Gasteiger partial charge on any atom is -1.00 e. The van der Waals surface area contributed by atoms with E-state index in [0.29, 0.717) is 12.1 Å². The minimum absolute atomic E-state index is 0. The van der Waals surface area contributed by atoms with E-state index in [4.69, 9.17) is 0 Å². The smallest absolute Gasteiger partial charge is 1.00 e. The van der Waals surface area contributed by atoms with Gasteiger partial charge in [0.05, 0.1) is 0 Å². The van der Waals surface area contributed by atoms with Crippen molar-refractivity contribution in [3.8, 4) is 11.1 Å². The quantitative estimate of drug-likeness (QED) is 0.453. The molecule has 0 aliphatic heterocycles. The second-order valence-electron chi connectivity index (χ2n) is 9.11. The third-order valence-electron chi connectivity index (χ3n) is 6.20. The van der Waals surface area contributed by atoms with Gasteiger partial charge in [0.25, 0.3) is 0 Å². The minimum atomic E-state index is -2.01. The first-order chi connectivity index (χ1) is 13.9. The molecule has 4 heteroatoms. The van der Waals surface area contributed by atoms with Crippen molar-refractivity contribution in [1.29, 1.82) is 0 Å². The van der Waals surface area contributed by atoms with Crippen LogP contribution in [0.5, 0.6) is 0 Å². The van der Waals surface area contributed by atoms with Crippen molar-refractivity contribution in [3.05, 3.63) is 69.0 Å². The molecule has 164 valence electrons. The zero-order valence-corrected chi connectivity index (χ0v) is 23.4. The summed E-state index contributed by atoms with van der Waals surface area (Å²) in [6, 6.07) is 15.0.